The SMILES string of the molecule is CCOc1cc(Cl)nc(COc2ccc(C(C)C)cc2)n1. The van der Waals surface area contributed by atoms with E-state index in [1.165, 1.54) is 5.56 Å². The van der Waals surface area contributed by atoms with Crippen molar-refractivity contribution < 1.29 is 9.47 Å². The fourth-order valence-corrected chi connectivity index (χ4v) is 2.02. The van der Waals surface area contributed by atoms with Crippen LogP contribution in [-0.2, 0) is 6.61 Å². The van der Waals surface area contributed by atoms with Gasteiger partial charge in [0.25, 0.3) is 0 Å². The summed E-state index contributed by atoms with van der Waals surface area (Å²) in [4.78, 5) is 8.37. The normalized spacial score (nSPS) is 10.7. The fraction of sp³-hybridized carbons (Fsp3) is 0.375. The van der Waals surface area contributed by atoms with E-state index >= 15 is 0 Å². The summed E-state index contributed by atoms with van der Waals surface area (Å²) in [6.07, 6.45) is 0. The fourth-order valence-electron chi connectivity index (χ4n) is 1.83. The molecule has 1 aromatic carbocycles. The third-order valence-corrected chi connectivity index (χ3v) is 3.12. The number of hydrogen-bond donors (Lipinski definition) is 0. The minimum atomic E-state index is 0.252. The lowest BCUT2D eigenvalue weighted by molar-refractivity contribution is 0.286. The van der Waals surface area contributed by atoms with E-state index in [4.69, 9.17) is 21.1 Å². The van der Waals surface area contributed by atoms with Gasteiger partial charge in [-0.05, 0) is 30.5 Å². The van der Waals surface area contributed by atoms with Crippen LogP contribution < -0.4 is 9.47 Å². The largest absolute Gasteiger partial charge is 0.486 e. The molecule has 21 heavy (non-hydrogen) atoms. The summed E-state index contributed by atoms with van der Waals surface area (Å²) in [5, 5.41) is 0.349. The Morgan fingerprint density at radius 2 is 1.81 bits per heavy atom. The lowest BCUT2D eigenvalue weighted by atomic mass is 10.0. The quantitative estimate of drug-likeness (QED) is 0.749. The van der Waals surface area contributed by atoms with Crippen LogP contribution in [0.4, 0.5) is 0 Å². The van der Waals surface area contributed by atoms with E-state index in [1.54, 1.807) is 6.07 Å². The third-order valence-electron chi connectivity index (χ3n) is 2.92. The molecule has 0 N–H and O–H groups in total. The van der Waals surface area contributed by atoms with Crippen LogP contribution in [0.5, 0.6) is 11.6 Å². The smallest absolute Gasteiger partial charge is 0.218 e. The van der Waals surface area contributed by atoms with Crippen LogP contribution in [0.25, 0.3) is 0 Å². The van der Waals surface area contributed by atoms with Crippen LogP contribution in [-0.4, -0.2) is 16.6 Å². The monoisotopic (exact) mass is 306 g/mol. The third kappa shape index (κ3) is 4.60. The highest BCUT2D eigenvalue weighted by Gasteiger charge is 2.06. The average molecular weight is 307 g/mol. The lowest BCUT2D eigenvalue weighted by Gasteiger charge is -2.09. The molecule has 0 spiro atoms. The Kier molecular flexibility index (Phi) is 5.39. The molecule has 0 aliphatic carbocycles. The van der Waals surface area contributed by atoms with Gasteiger partial charge in [-0.15, -0.1) is 0 Å². The molecule has 0 unspecified atom stereocenters. The van der Waals surface area contributed by atoms with Gasteiger partial charge in [-0.25, -0.2) is 4.98 Å². The van der Waals surface area contributed by atoms with E-state index < -0.39 is 0 Å². The molecule has 2 rings (SSSR count). The standard InChI is InChI=1S/C16H19ClN2O2/c1-4-20-16-9-14(17)18-15(19-16)10-21-13-7-5-12(6-8-13)11(2)3/h5-9,11H,4,10H2,1-3H3. The molecule has 0 saturated carbocycles. The number of ether oxygens (including phenoxy) is 2. The van der Waals surface area contributed by atoms with Crippen molar-refractivity contribution in [1.82, 2.24) is 9.97 Å². The van der Waals surface area contributed by atoms with E-state index in [-0.39, 0.29) is 6.61 Å². The first-order valence-corrected chi connectivity index (χ1v) is 7.35. The Balaban J connectivity index is 2.02. The van der Waals surface area contributed by atoms with Gasteiger partial charge in [0.1, 0.15) is 17.5 Å². The molecule has 0 radical (unpaired) electrons. The zero-order chi connectivity index (χ0) is 15.2. The van der Waals surface area contributed by atoms with Crippen LogP contribution in [0.1, 0.15) is 38.1 Å². The summed E-state index contributed by atoms with van der Waals surface area (Å²) in [5.41, 5.74) is 1.28. The van der Waals surface area contributed by atoms with Gasteiger partial charge in [0.15, 0.2) is 5.82 Å². The molecule has 0 bridgehead atoms. The Bertz CT molecular complexity index is 585. The first-order chi connectivity index (χ1) is 10.1. The summed E-state index contributed by atoms with van der Waals surface area (Å²) in [6.45, 7) is 6.99. The molecule has 4 nitrogen and oxygen atoms in total. The maximum absolute atomic E-state index is 5.94. The second-order valence-electron chi connectivity index (χ2n) is 4.89. The van der Waals surface area contributed by atoms with Crippen molar-refractivity contribution in [2.75, 3.05) is 6.61 Å². The topological polar surface area (TPSA) is 44.2 Å². The van der Waals surface area contributed by atoms with Crippen LogP contribution in [0.2, 0.25) is 5.15 Å². The van der Waals surface area contributed by atoms with Crippen LogP contribution in [0.3, 0.4) is 0 Å². The minimum Gasteiger partial charge on any atom is -0.486 e. The van der Waals surface area contributed by atoms with E-state index in [0.29, 0.717) is 29.4 Å². The number of nitrogens with zero attached hydrogens (tertiary/aromatic N) is 2. The lowest BCUT2D eigenvalue weighted by Crippen LogP contribution is -2.04. The molecular formula is C16H19ClN2O2. The highest BCUT2D eigenvalue weighted by Crippen LogP contribution is 2.20. The van der Waals surface area contributed by atoms with E-state index in [0.717, 1.165) is 5.75 Å². The predicted octanol–water partition coefficient (Wildman–Crippen LogP) is 4.23. The molecule has 0 atom stereocenters. The molecule has 0 fully saturated rings. The number of rotatable bonds is 6. The van der Waals surface area contributed by atoms with Crippen LogP contribution in [0, 0.1) is 0 Å². The zero-order valence-electron chi connectivity index (χ0n) is 12.5. The molecule has 0 aliphatic rings. The van der Waals surface area contributed by atoms with Crippen molar-refractivity contribution in [3.63, 3.8) is 0 Å². The Hall–Kier alpha value is -1.81. The van der Waals surface area contributed by atoms with Crippen molar-refractivity contribution in [3.05, 3.63) is 46.9 Å². The van der Waals surface area contributed by atoms with E-state index in [2.05, 4.69) is 35.9 Å². The Morgan fingerprint density at radius 3 is 2.43 bits per heavy atom. The van der Waals surface area contributed by atoms with Crippen molar-refractivity contribution >= 4 is 11.6 Å². The summed E-state index contributed by atoms with van der Waals surface area (Å²) in [5.74, 6) is 2.25. The summed E-state index contributed by atoms with van der Waals surface area (Å²) in [7, 11) is 0. The maximum Gasteiger partial charge on any atom is 0.218 e. The molecule has 0 saturated heterocycles. The Morgan fingerprint density at radius 1 is 1.10 bits per heavy atom. The molecular weight excluding hydrogens is 288 g/mol. The van der Waals surface area contributed by atoms with Gasteiger partial charge in [0.05, 0.1) is 6.61 Å². The van der Waals surface area contributed by atoms with Gasteiger partial charge in [-0.1, -0.05) is 37.6 Å². The number of aromatic nitrogens is 2. The molecule has 2 aromatic rings. The van der Waals surface area contributed by atoms with Crippen molar-refractivity contribution in [2.24, 2.45) is 0 Å². The molecule has 1 aromatic heterocycles. The van der Waals surface area contributed by atoms with Gasteiger partial charge in [-0.3, -0.25) is 0 Å². The van der Waals surface area contributed by atoms with Crippen molar-refractivity contribution in [3.8, 4) is 11.6 Å². The minimum absolute atomic E-state index is 0.252. The van der Waals surface area contributed by atoms with Gasteiger partial charge < -0.3 is 9.47 Å². The van der Waals surface area contributed by atoms with E-state index in [9.17, 15) is 0 Å². The van der Waals surface area contributed by atoms with E-state index in [1.807, 2.05) is 19.1 Å². The highest BCUT2D eigenvalue weighted by molar-refractivity contribution is 6.29. The predicted molar refractivity (Wildman–Crippen MR) is 83.1 cm³/mol. The first-order valence-electron chi connectivity index (χ1n) is 6.97. The average Bonchev–Trinajstić information content (AvgIpc) is 2.45. The second-order valence-corrected chi connectivity index (χ2v) is 5.28. The second kappa shape index (κ2) is 7.27. The number of benzene rings is 1. The Labute approximate surface area is 130 Å². The molecule has 0 amide bonds. The van der Waals surface area contributed by atoms with Gasteiger partial charge in [-0.2, -0.15) is 4.98 Å². The summed E-state index contributed by atoms with van der Waals surface area (Å²) < 4.78 is 11.0. The maximum atomic E-state index is 5.94. The van der Waals surface area contributed by atoms with Gasteiger partial charge >= 0.3 is 0 Å². The highest BCUT2D eigenvalue weighted by atomic mass is 35.5. The summed E-state index contributed by atoms with van der Waals surface area (Å²) in [6, 6.07) is 9.60. The van der Waals surface area contributed by atoms with Crippen molar-refractivity contribution in [2.45, 2.75) is 33.3 Å². The van der Waals surface area contributed by atoms with Crippen molar-refractivity contribution in [1.29, 1.82) is 0 Å². The number of hydrogen-bond acceptors (Lipinski definition) is 4. The van der Waals surface area contributed by atoms with Gasteiger partial charge in [0, 0.05) is 6.07 Å². The van der Waals surface area contributed by atoms with Crippen LogP contribution in [0.15, 0.2) is 30.3 Å². The molecule has 0 aliphatic heterocycles. The zero-order valence-corrected chi connectivity index (χ0v) is 13.2. The molecule has 5 heteroatoms. The first kappa shape index (κ1) is 15.6. The summed E-state index contributed by atoms with van der Waals surface area (Å²) >= 11 is 5.94. The van der Waals surface area contributed by atoms with Crippen LogP contribution >= 0.6 is 11.6 Å². The van der Waals surface area contributed by atoms with Gasteiger partial charge in [0.2, 0.25) is 5.88 Å². The molecule has 1 heterocycles. The molecule has 112 valence electrons. The number of halogens is 1.